The number of pyridine rings is 1. The van der Waals surface area contributed by atoms with Gasteiger partial charge in [-0.15, -0.1) is 0 Å². The van der Waals surface area contributed by atoms with Crippen LogP contribution in [0.2, 0.25) is 0 Å². The van der Waals surface area contributed by atoms with Gasteiger partial charge in [0.05, 0.1) is 17.7 Å². The van der Waals surface area contributed by atoms with Gasteiger partial charge < -0.3 is 15.3 Å². The molecule has 0 fully saturated rings. The lowest BCUT2D eigenvalue weighted by molar-refractivity contribution is -0.137. The topological polar surface area (TPSA) is 48.4 Å². The maximum Gasteiger partial charge on any atom is 0.416 e. The summed E-state index contributed by atoms with van der Waals surface area (Å²) in [6.45, 7) is 6.77. The summed E-state index contributed by atoms with van der Waals surface area (Å²) in [5.74, 6) is 0. The zero-order chi connectivity index (χ0) is 19.2. The quantitative estimate of drug-likeness (QED) is 0.697. The average molecular weight is 369 g/mol. The van der Waals surface area contributed by atoms with Crippen molar-refractivity contribution in [2.24, 2.45) is 0 Å². The van der Waals surface area contributed by atoms with Gasteiger partial charge in [-0.25, -0.2) is 0 Å². The highest BCUT2D eigenvalue weighted by Gasteiger charge is 2.30. The van der Waals surface area contributed by atoms with Crippen LogP contribution in [0.1, 0.15) is 32.3 Å². The number of halogens is 3. The number of aliphatic hydroxyl groups excluding tert-OH is 1. The summed E-state index contributed by atoms with van der Waals surface area (Å²) >= 11 is 0. The van der Waals surface area contributed by atoms with Crippen LogP contribution in [0.25, 0.3) is 10.9 Å². The zero-order valence-corrected chi connectivity index (χ0v) is 15.2. The number of hydrogen-bond donors (Lipinski definition) is 2. The number of aromatic nitrogens is 1. The smallest absolute Gasteiger partial charge is 0.395 e. The minimum atomic E-state index is -4.37. The van der Waals surface area contributed by atoms with E-state index < -0.39 is 11.7 Å². The predicted molar refractivity (Wildman–Crippen MR) is 98.3 cm³/mol. The fourth-order valence-electron chi connectivity index (χ4n) is 2.98. The standard InChI is InChI=1S/C19H26F3N3O/c1-3-25(11-12-26)10-4-5-14(2)24-17-8-9-23-18-13-15(19(20,21)22)6-7-16(17)18/h6-9,13-14,26H,3-5,10-12H2,1-2H3,(H,23,24). The van der Waals surface area contributed by atoms with E-state index in [4.69, 9.17) is 5.11 Å². The molecule has 2 aromatic rings. The van der Waals surface area contributed by atoms with E-state index in [1.165, 1.54) is 12.3 Å². The molecular formula is C19H26F3N3O. The third-order valence-electron chi connectivity index (χ3n) is 4.45. The van der Waals surface area contributed by atoms with E-state index in [9.17, 15) is 13.2 Å². The first-order valence-corrected chi connectivity index (χ1v) is 8.91. The van der Waals surface area contributed by atoms with Crippen LogP contribution in [0.5, 0.6) is 0 Å². The molecule has 0 saturated carbocycles. The zero-order valence-electron chi connectivity index (χ0n) is 15.2. The normalized spacial score (nSPS) is 13.3. The monoisotopic (exact) mass is 369 g/mol. The number of likely N-dealkylation sites (N-methyl/N-ethyl adjacent to an activating group) is 1. The van der Waals surface area contributed by atoms with E-state index in [1.807, 2.05) is 0 Å². The van der Waals surface area contributed by atoms with Gasteiger partial charge in [-0.3, -0.25) is 4.98 Å². The number of anilines is 1. The Morgan fingerprint density at radius 1 is 1.23 bits per heavy atom. The molecule has 0 radical (unpaired) electrons. The molecule has 0 spiro atoms. The minimum Gasteiger partial charge on any atom is -0.395 e. The molecule has 0 aliphatic heterocycles. The molecule has 2 rings (SSSR count). The molecule has 4 nitrogen and oxygen atoms in total. The molecule has 1 unspecified atom stereocenters. The maximum absolute atomic E-state index is 12.9. The fourth-order valence-corrected chi connectivity index (χ4v) is 2.98. The first-order valence-electron chi connectivity index (χ1n) is 8.91. The van der Waals surface area contributed by atoms with Gasteiger partial charge in [0.25, 0.3) is 0 Å². The second-order valence-electron chi connectivity index (χ2n) is 6.43. The highest BCUT2D eigenvalue weighted by atomic mass is 19.4. The number of aliphatic hydroxyl groups is 1. The van der Waals surface area contributed by atoms with Crippen molar-refractivity contribution in [1.82, 2.24) is 9.88 Å². The van der Waals surface area contributed by atoms with Crippen molar-refractivity contribution in [2.45, 2.75) is 38.9 Å². The number of rotatable bonds is 9. The van der Waals surface area contributed by atoms with Crippen LogP contribution in [0.4, 0.5) is 18.9 Å². The summed E-state index contributed by atoms with van der Waals surface area (Å²) < 4.78 is 38.6. The maximum atomic E-state index is 12.9. The van der Waals surface area contributed by atoms with Crippen molar-refractivity contribution in [2.75, 3.05) is 31.6 Å². The molecule has 0 aliphatic rings. The fraction of sp³-hybridized carbons (Fsp3) is 0.526. The first-order chi connectivity index (χ1) is 12.3. The number of fused-ring (bicyclic) bond motifs is 1. The van der Waals surface area contributed by atoms with Gasteiger partial charge in [-0.1, -0.05) is 13.0 Å². The van der Waals surface area contributed by atoms with Crippen molar-refractivity contribution < 1.29 is 18.3 Å². The molecule has 0 saturated heterocycles. The summed E-state index contributed by atoms with van der Waals surface area (Å²) in [5, 5.41) is 13.1. The van der Waals surface area contributed by atoms with Crippen molar-refractivity contribution >= 4 is 16.6 Å². The number of hydrogen-bond acceptors (Lipinski definition) is 4. The second kappa shape index (κ2) is 9.19. The van der Waals surface area contributed by atoms with Crippen LogP contribution in [0.15, 0.2) is 30.5 Å². The lowest BCUT2D eigenvalue weighted by Crippen LogP contribution is -2.28. The van der Waals surface area contributed by atoms with Crippen molar-refractivity contribution in [3.05, 3.63) is 36.0 Å². The Labute approximate surface area is 152 Å². The SMILES string of the molecule is CCN(CCO)CCCC(C)Nc1ccnc2cc(C(F)(F)F)ccc12. The van der Waals surface area contributed by atoms with Crippen LogP contribution < -0.4 is 5.32 Å². The van der Waals surface area contributed by atoms with Gasteiger partial charge in [0.15, 0.2) is 0 Å². The van der Waals surface area contributed by atoms with Crippen molar-refractivity contribution in [3.63, 3.8) is 0 Å². The lowest BCUT2D eigenvalue weighted by Gasteiger charge is -2.21. The van der Waals surface area contributed by atoms with Crippen LogP contribution in [-0.2, 0) is 6.18 Å². The number of alkyl halides is 3. The molecule has 0 bridgehead atoms. The Morgan fingerprint density at radius 3 is 2.65 bits per heavy atom. The van der Waals surface area contributed by atoms with Crippen LogP contribution in [-0.4, -0.2) is 47.3 Å². The van der Waals surface area contributed by atoms with E-state index in [0.29, 0.717) is 17.4 Å². The number of nitrogens with zero attached hydrogens (tertiary/aromatic N) is 2. The van der Waals surface area contributed by atoms with Gasteiger partial charge in [-0.2, -0.15) is 13.2 Å². The Bertz CT molecular complexity index is 706. The van der Waals surface area contributed by atoms with E-state index >= 15 is 0 Å². The largest absolute Gasteiger partial charge is 0.416 e. The Morgan fingerprint density at radius 2 is 2.00 bits per heavy atom. The van der Waals surface area contributed by atoms with E-state index in [0.717, 1.165) is 43.8 Å². The van der Waals surface area contributed by atoms with E-state index in [2.05, 4.69) is 29.0 Å². The third-order valence-corrected chi connectivity index (χ3v) is 4.45. The van der Waals surface area contributed by atoms with Crippen LogP contribution >= 0.6 is 0 Å². The summed E-state index contributed by atoms with van der Waals surface area (Å²) in [4.78, 5) is 6.26. The number of nitrogens with one attached hydrogen (secondary N) is 1. The van der Waals surface area contributed by atoms with Crippen LogP contribution in [0.3, 0.4) is 0 Å². The molecule has 1 atom stereocenters. The third kappa shape index (κ3) is 5.57. The highest BCUT2D eigenvalue weighted by molar-refractivity contribution is 5.91. The first kappa shape index (κ1) is 20.5. The van der Waals surface area contributed by atoms with Crippen molar-refractivity contribution in [3.8, 4) is 0 Å². The molecule has 0 aliphatic carbocycles. The molecule has 26 heavy (non-hydrogen) atoms. The number of benzene rings is 1. The predicted octanol–water partition coefficient (Wildman–Crippen LogP) is 4.15. The Balaban J connectivity index is 2.01. The molecular weight excluding hydrogens is 343 g/mol. The van der Waals surface area contributed by atoms with Gasteiger partial charge in [0, 0.05) is 29.9 Å². The second-order valence-corrected chi connectivity index (χ2v) is 6.43. The summed E-state index contributed by atoms with van der Waals surface area (Å²) in [7, 11) is 0. The Kier molecular flexibility index (Phi) is 7.23. The molecule has 2 N–H and O–H groups in total. The molecule has 0 amide bonds. The molecule has 1 aromatic carbocycles. The van der Waals surface area contributed by atoms with Gasteiger partial charge in [0.1, 0.15) is 0 Å². The summed E-state index contributed by atoms with van der Waals surface area (Å²) in [6.07, 6.45) is -0.945. The van der Waals surface area contributed by atoms with Gasteiger partial charge >= 0.3 is 6.18 Å². The molecule has 1 aromatic heterocycles. The van der Waals surface area contributed by atoms with Gasteiger partial charge in [0.2, 0.25) is 0 Å². The molecule has 144 valence electrons. The summed E-state index contributed by atoms with van der Waals surface area (Å²) in [5.41, 5.74) is 0.433. The van der Waals surface area contributed by atoms with E-state index in [-0.39, 0.29) is 12.6 Å². The van der Waals surface area contributed by atoms with E-state index in [1.54, 1.807) is 6.07 Å². The minimum absolute atomic E-state index is 0.157. The molecule has 7 heteroatoms. The highest BCUT2D eigenvalue weighted by Crippen LogP contribution is 2.32. The Hall–Kier alpha value is -1.86. The van der Waals surface area contributed by atoms with Crippen molar-refractivity contribution in [1.29, 1.82) is 0 Å². The lowest BCUT2D eigenvalue weighted by atomic mass is 10.1. The van der Waals surface area contributed by atoms with Gasteiger partial charge in [-0.05, 0) is 51.1 Å². The molecule has 1 heterocycles. The van der Waals surface area contributed by atoms with Crippen LogP contribution in [0, 0.1) is 0 Å². The average Bonchev–Trinajstić information content (AvgIpc) is 2.60. The summed E-state index contributed by atoms with van der Waals surface area (Å²) in [6, 6.07) is 5.61.